The van der Waals surface area contributed by atoms with Gasteiger partial charge in [-0.05, 0) is 47.9 Å². The van der Waals surface area contributed by atoms with Crippen LogP contribution in [0.2, 0.25) is 5.02 Å². The molecule has 0 N–H and O–H groups in total. The van der Waals surface area contributed by atoms with Gasteiger partial charge in [-0.15, -0.1) is 0 Å². The van der Waals surface area contributed by atoms with Crippen molar-refractivity contribution in [2.45, 2.75) is 6.42 Å². The van der Waals surface area contributed by atoms with Crippen molar-refractivity contribution in [3.63, 3.8) is 0 Å². The molecular weight excluding hydrogens is 354 g/mol. The quantitative estimate of drug-likeness (QED) is 0.744. The van der Waals surface area contributed by atoms with Crippen molar-refractivity contribution in [2.75, 3.05) is 32.8 Å². The molecule has 0 bridgehead atoms. The van der Waals surface area contributed by atoms with Gasteiger partial charge in [-0.25, -0.2) is 0 Å². The fourth-order valence-electron chi connectivity index (χ4n) is 3.04. The second-order valence-corrected chi connectivity index (χ2v) is 6.24. The van der Waals surface area contributed by atoms with E-state index in [4.69, 9.17) is 25.8 Å². The van der Waals surface area contributed by atoms with E-state index in [1.54, 1.807) is 44.4 Å². The number of rotatable bonds is 5. The van der Waals surface area contributed by atoms with Gasteiger partial charge < -0.3 is 19.1 Å². The Kier molecular flexibility index (Phi) is 5.38. The van der Waals surface area contributed by atoms with Crippen LogP contribution in [0.3, 0.4) is 0 Å². The number of hydrogen-bond donors (Lipinski definition) is 0. The summed E-state index contributed by atoms with van der Waals surface area (Å²) in [6.07, 6.45) is 4.10. The van der Waals surface area contributed by atoms with Crippen LogP contribution < -0.4 is 19.1 Å². The van der Waals surface area contributed by atoms with Gasteiger partial charge in [0, 0.05) is 23.3 Å². The molecule has 2 aromatic rings. The van der Waals surface area contributed by atoms with Gasteiger partial charge in [0.05, 0.1) is 21.3 Å². The topological polar surface area (TPSA) is 48.0 Å². The average Bonchev–Trinajstić information content (AvgIpc) is 3.08. The summed E-state index contributed by atoms with van der Waals surface area (Å²) >= 11 is 6.07. The van der Waals surface area contributed by atoms with E-state index in [2.05, 4.69) is 0 Å². The van der Waals surface area contributed by atoms with Gasteiger partial charge in [0.15, 0.2) is 11.5 Å². The first kappa shape index (κ1) is 18.1. The molecule has 0 atom stereocenters. The maximum atomic E-state index is 12.6. The lowest BCUT2D eigenvalue weighted by Crippen LogP contribution is -2.26. The minimum atomic E-state index is -0.0974. The summed E-state index contributed by atoms with van der Waals surface area (Å²) in [4.78, 5) is 14.4. The number of hydrogen-bond acceptors (Lipinski definition) is 4. The number of methoxy groups -OCH3 is 3. The molecule has 1 amide bonds. The van der Waals surface area contributed by atoms with E-state index in [0.717, 1.165) is 23.2 Å². The lowest BCUT2D eigenvalue weighted by Gasteiger charge is -2.15. The highest BCUT2D eigenvalue weighted by atomic mass is 35.5. The van der Waals surface area contributed by atoms with Crippen LogP contribution in [-0.4, -0.2) is 33.8 Å². The summed E-state index contributed by atoms with van der Waals surface area (Å²) in [5, 5.41) is 0.622. The molecule has 1 heterocycles. The van der Waals surface area contributed by atoms with E-state index < -0.39 is 0 Å². The summed E-state index contributed by atoms with van der Waals surface area (Å²) in [7, 11) is 4.66. The fourth-order valence-corrected chi connectivity index (χ4v) is 3.20. The number of halogens is 1. The number of nitrogens with zero attached hydrogens (tertiary/aromatic N) is 1. The van der Waals surface area contributed by atoms with Gasteiger partial charge in [-0.1, -0.05) is 17.7 Å². The Morgan fingerprint density at radius 1 is 1.08 bits per heavy atom. The molecule has 1 aliphatic heterocycles. The largest absolute Gasteiger partial charge is 0.493 e. The smallest absolute Gasteiger partial charge is 0.251 e. The molecule has 136 valence electrons. The van der Waals surface area contributed by atoms with E-state index in [1.807, 2.05) is 18.2 Å². The van der Waals surface area contributed by atoms with Gasteiger partial charge in [-0.2, -0.15) is 0 Å². The summed E-state index contributed by atoms with van der Waals surface area (Å²) in [5.41, 5.74) is 2.78. The van der Waals surface area contributed by atoms with Gasteiger partial charge in [0.2, 0.25) is 5.75 Å². The predicted molar refractivity (Wildman–Crippen MR) is 103 cm³/mol. The molecule has 0 saturated heterocycles. The zero-order valence-corrected chi connectivity index (χ0v) is 15.7. The number of carbonyl (C=O) groups is 1. The molecule has 2 aromatic carbocycles. The molecule has 26 heavy (non-hydrogen) atoms. The first-order valence-electron chi connectivity index (χ1n) is 8.15. The van der Waals surface area contributed by atoms with Crippen molar-refractivity contribution >= 4 is 29.3 Å². The Morgan fingerprint density at radius 2 is 1.77 bits per heavy atom. The third-order valence-electron chi connectivity index (χ3n) is 4.31. The molecule has 0 radical (unpaired) electrons. The SMILES string of the molecule is COc1cc(/C=C/C(=O)N2CCc3ccc(Cl)cc32)cc(OC)c1OC. The number of amides is 1. The fraction of sp³-hybridized carbons (Fsp3) is 0.250. The monoisotopic (exact) mass is 373 g/mol. The van der Waals surface area contributed by atoms with E-state index >= 15 is 0 Å². The van der Waals surface area contributed by atoms with Crippen molar-refractivity contribution in [2.24, 2.45) is 0 Å². The molecule has 0 saturated carbocycles. The molecule has 0 spiro atoms. The van der Waals surface area contributed by atoms with Gasteiger partial charge in [-0.3, -0.25) is 4.79 Å². The lowest BCUT2D eigenvalue weighted by atomic mass is 10.1. The number of benzene rings is 2. The van der Waals surface area contributed by atoms with Gasteiger partial charge in [0.1, 0.15) is 0 Å². The van der Waals surface area contributed by atoms with E-state index in [-0.39, 0.29) is 5.91 Å². The normalized spacial score (nSPS) is 13.0. The average molecular weight is 374 g/mol. The molecule has 0 aromatic heterocycles. The molecule has 0 unspecified atom stereocenters. The molecular formula is C20H20ClNO4. The molecule has 6 heteroatoms. The van der Waals surface area contributed by atoms with E-state index in [9.17, 15) is 4.79 Å². The highest BCUT2D eigenvalue weighted by molar-refractivity contribution is 6.31. The van der Waals surface area contributed by atoms with Crippen LogP contribution in [-0.2, 0) is 11.2 Å². The number of carbonyl (C=O) groups excluding carboxylic acids is 1. The number of fused-ring (bicyclic) bond motifs is 1. The Balaban J connectivity index is 1.85. The molecule has 3 rings (SSSR count). The van der Waals surface area contributed by atoms with Crippen molar-refractivity contribution < 1.29 is 19.0 Å². The summed E-state index contributed by atoms with van der Waals surface area (Å²) in [5.74, 6) is 1.50. The Hall–Kier alpha value is -2.66. The second kappa shape index (κ2) is 7.70. The third-order valence-corrected chi connectivity index (χ3v) is 4.55. The maximum Gasteiger partial charge on any atom is 0.251 e. The Bertz CT molecular complexity index is 838. The van der Waals surface area contributed by atoms with Crippen LogP contribution >= 0.6 is 11.6 Å². The second-order valence-electron chi connectivity index (χ2n) is 5.80. The van der Waals surface area contributed by atoms with Gasteiger partial charge >= 0.3 is 0 Å². The van der Waals surface area contributed by atoms with E-state index in [1.165, 1.54) is 6.08 Å². The molecule has 1 aliphatic rings. The third kappa shape index (κ3) is 3.48. The molecule has 5 nitrogen and oxygen atoms in total. The zero-order valence-electron chi connectivity index (χ0n) is 14.9. The minimum absolute atomic E-state index is 0.0974. The first-order valence-corrected chi connectivity index (χ1v) is 8.53. The highest BCUT2D eigenvalue weighted by Crippen LogP contribution is 2.38. The van der Waals surface area contributed by atoms with Crippen molar-refractivity contribution in [3.8, 4) is 17.2 Å². The zero-order chi connectivity index (χ0) is 18.7. The van der Waals surface area contributed by atoms with Crippen molar-refractivity contribution in [1.82, 2.24) is 0 Å². The predicted octanol–water partition coefficient (Wildman–Crippen LogP) is 3.97. The van der Waals surface area contributed by atoms with Crippen molar-refractivity contribution in [1.29, 1.82) is 0 Å². The van der Waals surface area contributed by atoms with E-state index in [0.29, 0.717) is 28.8 Å². The molecule has 0 fully saturated rings. The van der Waals surface area contributed by atoms with Crippen LogP contribution in [0.15, 0.2) is 36.4 Å². The van der Waals surface area contributed by atoms with Crippen LogP contribution in [0, 0.1) is 0 Å². The van der Waals surface area contributed by atoms with Crippen LogP contribution in [0.25, 0.3) is 6.08 Å². The maximum absolute atomic E-state index is 12.6. The summed E-state index contributed by atoms with van der Waals surface area (Å²) < 4.78 is 16.0. The summed E-state index contributed by atoms with van der Waals surface area (Å²) in [6.45, 7) is 0.647. The number of ether oxygens (including phenoxy) is 3. The Morgan fingerprint density at radius 3 is 2.38 bits per heavy atom. The van der Waals surface area contributed by atoms with Crippen LogP contribution in [0.1, 0.15) is 11.1 Å². The van der Waals surface area contributed by atoms with Crippen LogP contribution in [0.4, 0.5) is 5.69 Å². The summed E-state index contributed by atoms with van der Waals surface area (Å²) in [6, 6.07) is 9.23. The molecule has 0 aliphatic carbocycles. The minimum Gasteiger partial charge on any atom is -0.493 e. The standard InChI is InChI=1S/C20H20ClNO4/c1-24-17-10-13(11-18(25-2)20(17)26-3)4-7-19(23)22-9-8-14-5-6-15(21)12-16(14)22/h4-7,10-12H,8-9H2,1-3H3/b7-4+. The number of anilines is 1. The lowest BCUT2D eigenvalue weighted by molar-refractivity contribution is -0.114. The Labute approximate surface area is 157 Å². The van der Waals surface area contributed by atoms with Crippen LogP contribution in [0.5, 0.6) is 17.2 Å². The first-order chi connectivity index (χ1) is 12.6. The van der Waals surface area contributed by atoms with Crippen molar-refractivity contribution in [3.05, 3.63) is 52.6 Å². The van der Waals surface area contributed by atoms with Gasteiger partial charge in [0.25, 0.3) is 5.91 Å². The highest BCUT2D eigenvalue weighted by Gasteiger charge is 2.23.